The highest BCUT2D eigenvalue weighted by Gasteiger charge is 2.16. The number of aromatic nitrogens is 3. The molecule has 8 heteroatoms. The first-order chi connectivity index (χ1) is 12.3. The Hall–Kier alpha value is -2.92. The maximum absolute atomic E-state index is 11.6. The Bertz CT molecular complexity index is 770. The number of hydrogen-bond donors (Lipinski definition) is 2. The van der Waals surface area contributed by atoms with E-state index in [9.17, 15) is 4.79 Å². The summed E-state index contributed by atoms with van der Waals surface area (Å²) in [7, 11) is 1.94. The van der Waals surface area contributed by atoms with Crippen molar-refractivity contribution in [1.29, 1.82) is 5.26 Å². The quantitative estimate of drug-likeness (QED) is 0.822. The summed E-state index contributed by atoms with van der Waals surface area (Å²) in [4.78, 5) is 13.7. The minimum atomic E-state index is -0.507. The number of aromatic amines is 1. The van der Waals surface area contributed by atoms with Crippen LogP contribution in [0.15, 0.2) is 24.3 Å². The number of rotatable bonds is 6. The van der Waals surface area contributed by atoms with E-state index in [1.165, 1.54) is 0 Å². The molecule has 0 aliphatic rings. The zero-order valence-electron chi connectivity index (χ0n) is 15.5. The van der Waals surface area contributed by atoms with E-state index in [1.54, 1.807) is 12.1 Å². The number of ether oxygens (including phenoxy) is 1. The lowest BCUT2D eigenvalue weighted by Gasteiger charge is -2.21. The van der Waals surface area contributed by atoms with Crippen LogP contribution in [-0.2, 0) is 11.3 Å². The van der Waals surface area contributed by atoms with Crippen molar-refractivity contribution in [3.63, 3.8) is 0 Å². The molecule has 0 unspecified atom stereocenters. The van der Waals surface area contributed by atoms with E-state index in [0.717, 1.165) is 17.0 Å². The molecular weight excluding hydrogens is 332 g/mol. The van der Waals surface area contributed by atoms with Crippen LogP contribution in [0.25, 0.3) is 11.3 Å². The van der Waals surface area contributed by atoms with E-state index in [-0.39, 0.29) is 0 Å². The average molecular weight is 356 g/mol. The van der Waals surface area contributed by atoms with Gasteiger partial charge in [-0.1, -0.05) is 12.1 Å². The Morgan fingerprint density at radius 3 is 2.62 bits per heavy atom. The number of nitriles is 1. The second kappa shape index (κ2) is 8.45. The Balaban J connectivity index is 1.88. The molecule has 0 aliphatic heterocycles. The first kappa shape index (κ1) is 19.4. The van der Waals surface area contributed by atoms with E-state index < -0.39 is 11.7 Å². The molecule has 1 aromatic heterocycles. The van der Waals surface area contributed by atoms with Gasteiger partial charge in [0.25, 0.3) is 0 Å². The number of benzene rings is 1. The minimum Gasteiger partial charge on any atom is -0.444 e. The minimum absolute atomic E-state index is 0.425. The molecule has 1 amide bonds. The number of nitrogens with zero attached hydrogens (tertiary/aromatic N) is 4. The highest BCUT2D eigenvalue weighted by Crippen LogP contribution is 2.20. The molecule has 0 saturated carbocycles. The van der Waals surface area contributed by atoms with Crippen LogP contribution in [0.3, 0.4) is 0 Å². The van der Waals surface area contributed by atoms with Crippen molar-refractivity contribution in [3.05, 3.63) is 35.5 Å². The van der Waals surface area contributed by atoms with Gasteiger partial charge in [-0.25, -0.2) is 4.79 Å². The van der Waals surface area contributed by atoms with Gasteiger partial charge < -0.3 is 10.1 Å². The monoisotopic (exact) mass is 356 g/mol. The molecule has 0 aliphatic carbocycles. The van der Waals surface area contributed by atoms with Crippen LogP contribution in [0.1, 0.15) is 32.0 Å². The number of hydrogen-bond acceptors (Lipinski definition) is 6. The Labute approximate surface area is 153 Å². The molecule has 0 radical (unpaired) electrons. The van der Waals surface area contributed by atoms with Gasteiger partial charge in [0.15, 0.2) is 0 Å². The van der Waals surface area contributed by atoms with Gasteiger partial charge >= 0.3 is 6.09 Å². The lowest BCUT2D eigenvalue weighted by molar-refractivity contribution is 0.0523. The first-order valence-corrected chi connectivity index (χ1v) is 8.34. The summed E-state index contributed by atoms with van der Waals surface area (Å²) in [5, 5.41) is 22.7. The smallest absolute Gasteiger partial charge is 0.407 e. The molecule has 1 heterocycles. The molecule has 2 N–H and O–H groups in total. The number of H-pyrrole nitrogens is 1. The van der Waals surface area contributed by atoms with Gasteiger partial charge in [-0.05, 0) is 40.0 Å². The molecule has 0 atom stereocenters. The van der Waals surface area contributed by atoms with Gasteiger partial charge in [-0.3, -0.25) is 4.90 Å². The summed E-state index contributed by atoms with van der Waals surface area (Å²) in [6.45, 7) is 7.16. The standard InChI is InChI=1S/C18H24N6O2/c1-18(2,3)26-17(25)20-9-10-24(4)12-15-16(22-23-21-15)14-7-5-13(11-19)6-8-14/h5-8H,9-10,12H2,1-4H3,(H,20,25)(H,21,22,23). The van der Waals surface area contributed by atoms with Crippen molar-refractivity contribution in [3.8, 4) is 17.3 Å². The summed E-state index contributed by atoms with van der Waals surface area (Å²) in [5.41, 5.74) is 2.54. The van der Waals surface area contributed by atoms with Crippen LogP contribution in [0.5, 0.6) is 0 Å². The van der Waals surface area contributed by atoms with Crippen LogP contribution < -0.4 is 5.32 Å². The number of nitrogens with one attached hydrogen (secondary N) is 2. The van der Waals surface area contributed by atoms with E-state index >= 15 is 0 Å². The molecule has 138 valence electrons. The van der Waals surface area contributed by atoms with Gasteiger partial charge in [0.05, 0.1) is 11.6 Å². The fourth-order valence-corrected chi connectivity index (χ4v) is 2.29. The van der Waals surface area contributed by atoms with Gasteiger partial charge in [0.1, 0.15) is 17.0 Å². The average Bonchev–Trinajstić information content (AvgIpc) is 3.01. The number of carbonyl (C=O) groups is 1. The predicted molar refractivity (Wildman–Crippen MR) is 97.1 cm³/mol. The van der Waals surface area contributed by atoms with Crippen molar-refractivity contribution in [2.45, 2.75) is 32.9 Å². The number of amides is 1. The van der Waals surface area contributed by atoms with Gasteiger partial charge in [-0.15, -0.1) is 0 Å². The normalized spacial score (nSPS) is 11.2. The topological polar surface area (TPSA) is 107 Å². The Morgan fingerprint density at radius 2 is 2.00 bits per heavy atom. The summed E-state index contributed by atoms with van der Waals surface area (Å²) in [6.07, 6.45) is -0.425. The second-order valence-electron chi connectivity index (χ2n) is 6.97. The van der Waals surface area contributed by atoms with Gasteiger partial charge in [0, 0.05) is 25.2 Å². The third kappa shape index (κ3) is 5.86. The molecular formula is C18H24N6O2. The third-order valence-corrected chi connectivity index (χ3v) is 3.49. The van der Waals surface area contributed by atoms with Crippen LogP contribution in [-0.4, -0.2) is 52.1 Å². The Kier molecular flexibility index (Phi) is 6.31. The van der Waals surface area contributed by atoms with Crippen LogP contribution in [0.2, 0.25) is 0 Å². The second-order valence-corrected chi connectivity index (χ2v) is 6.97. The lowest BCUT2D eigenvalue weighted by atomic mass is 10.1. The summed E-state index contributed by atoms with van der Waals surface area (Å²) in [6, 6.07) is 9.30. The van der Waals surface area contributed by atoms with Crippen LogP contribution >= 0.6 is 0 Å². The molecule has 2 aromatic rings. The van der Waals surface area contributed by atoms with E-state index in [0.29, 0.717) is 25.2 Å². The molecule has 0 saturated heterocycles. The lowest BCUT2D eigenvalue weighted by Crippen LogP contribution is -2.36. The first-order valence-electron chi connectivity index (χ1n) is 8.34. The van der Waals surface area contributed by atoms with Crippen molar-refractivity contribution < 1.29 is 9.53 Å². The maximum Gasteiger partial charge on any atom is 0.407 e. The van der Waals surface area contributed by atoms with Gasteiger partial charge in [-0.2, -0.15) is 20.7 Å². The summed E-state index contributed by atoms with van der Waals surface area (Å²) in [5.74, 6) is 0. The number of likely N-dealkylation sites (N-methyl/N-ethyl adjacent to an activating group) is 1. The van der Waals surface area contributed by atoms with Crippen molar-refractivity contribution in [1.82, 2.24) is 25.6 Å². The predicted octanol–water partition coefficient (Wildman–Crippen LogP) is 2.30. The largest absolute Gasteiger partial charge is 0.444 e. The molecule has 0 fully saturated rings. The van der Waals surface area contributed by atoms with Gasteiger partial charge in [0.2, 0.25) is 0 Å². The fourth-order valence-electron chi connectivity index (χ4n) is 2.29. The molecule has 8 nitrogen and oxygen atoms in total. The van der Waals surface area contributed by atoms with E-state index in [2.05, 4.69) is 26.8 Å². The zero-order chi connectivity index (χ0) is 19.2. The van der Waals surface area contributed by atoms with Crippen LogP contribution in [0.4, 0.5) is 4.79 Å². The molecule has 26 heavy (non-hydrogen) atoms. The van der Waals surface area contributed by atoms with Crippen molar-refractivity contribution in [2.75, 3.05) is 20.1 Å². The highest BCUT2D eigenvalue weighted by molar-refractivity contribution is 5.67. The zero-order valence-corrected chi connectivity index (χ0v) is 15.5. The molecule has 0 bridgehead atoms. The third-order valence-electron chi connectivity index (χ3n) is 3.49. The maximum atomic E-state index is 11.6. The van der Waals surface area contributed by atoms with Crippen LogP contribution in [0, 0.1) is 11.3 Å². The van der Waals surface area contributed by atoms with Crippen molar-refractivity contribution >= 4 is 6.09 Å². The molecule has 2 rings (SSSR count). The molecule has 0 spiro atoms. The molecule has 1 aromatic carbocycles. The SMILES string of the molecule is CN(CCNC(=O)OC(C)(C)C)Cc1n[nH]nc1-c1ccc(C#N)cc1. The fraction of sp³-hybridized carbons (Fsp3) is 0.444. The van der Waals surface area contributed by atoms with Crippen molar-refractivity contribution in [2.24, 2.45) is 0 Å². The summed E-state index contributed by atoms with van der Waals surface area (Å²) >= 11 is 0. The summed E-state index contributed by atoms with van der Waals surface area (Å²) < 4.78 is 5.20. The number of alkyl carbamates (subject to hydrolysis) is 1. The van der Waals surface area contributed by atoms with E-state index in [4.69, 9.17) is 10.00 Å². The Morgan fingerprint density at radius 1 is 1.31 bits per heavy atom. The number of carbonyl (C=O) groups excluding carboxylic acids is 1. The van der Waals surface area contributed by atoms with E-state index in [1.807, 2.05) is 44.9 Å². The highest BCUT2D eigenvalue weighted by atomic mass is 16.6.